The standard InChI is InChI=1S/C14H17N3OS/c1-3-15-8-11-9-16-10-14(17-11)18-12-6-4-5-7-13(12)19-2/h4-7,9-10,15H,3,8H2,1-2H3. The van der Waals surface area contributed by atoms with Crippen molar-refractivity contribution >= 4 is 11.8 Å². The van der Waals surface area contributed by atoms with Crippen LogP contribution < -0.4 is 10.1 Å². The second-order valence-corrected chi connectivity index (χ2v) is 4.73. The first kappa shape index (κ1) is 13.8. The van der Waals surface area contributed by atoms with E-state index < -0.39 is 0 Å². The zero-order chi connectivity index (χ0) is 13.5. The van der Waals surface area contributed by atoms with Gasteiger partial charge in [-0.05, 0) is 24.9 Å². The second kappa shape index (κ2) is 7.11. The normalized spacial score (nSPS) is 10.4. The van der Waals surface area contributed by atoms with Crippen LogP contribution in [0.2, 0.25) is 0 Å². The topological polar surface area (TPSA) is 47.0 Å². The van der Waals surface area contributed by atoms with E-state index in [1.165, 1.54) is 0 Å². The monoisotopic (exact) mass is 275 g/mol. The van der Waals surface area contributed by atoms with E-state index in [2.05, 4.69) is 22.2 Å². The van der Waals surface area contributed by atoms with Gasteiger partial charge in [-0.3, -0.25) is 4.98 Å². The van der Waals surface area contributed by atoms with Gasteiger partial charge in [0, 0.05) is 17.6 Å². The average Bonchev–Trinajstić information content (AvgIpc) is 2.46. The van der Waals surface area contributed by atoms with Gasteiger partial charge >= 0.3 is 0 Å². The van der Waals surface area contributed by atoms with Crippen molar-refractivity contribution < 1.29 is 4.74 Å². The molecule has 0 radical (unpaired) electrons. The van der Waals surface area contributed by atoms with Crippen LogP contribution in [0.25, 0.3) is 0 Å². The molecule has 100 valence electrons. The van der Waals surface area contributed by atoms with Crippen molar-refractivity contribution in [1.82, 2.24) is 15.3 Å². The molecule has 0 aliphatic rings. The van der Waals surface area contributed by atoms with Gasteiger partial charge in [-0.1, -0.05) is 19.1 Å². The molecule has 0 saturated heterocycles. The van der Waals surface area contributed by atoms with Crippen molar-refractivity contribution in [2.45, 2.75) is 18.4 Å². The first-order valence-electron chi connectivity index (χ1n) is 6.16. The lowest BCUT2D eigenvalue weighted by atomic mass is 10.3. The number of nitrogens with one attached hydrogen (secondary N) is 1. The van der Waals surface area contributed by atoms with Gasteiger partial charge in [0.15, 0.2) is 0 Å². The van der Waals surface area contributed by atoms with Gasteiger partial charge in [-0.25, -0.2) is 4.98 Å². The second-order valence-electron chi connectivity index (χ2n) is 3.88. The van der Waals surface area contributed by atoms with Gasteiger partial charge in [0.05, 0.1) is 11.9 Å². The summed E-state index contributed by atoms with van der Waals surface area (Å²) in [6.07, 6.45) is 5.40. The van der Waals surface area contributed by atoms with Crippen LogP contribution in [-0.4, -0.2) is 22.8 Å². The Bertz CT molecular complexity index is 534. The maximum atomic E-state index is 5.80. The van der Waals surface area contributed by atoms with Gasteiger partial charge in [0.1, 0.15) is 5.75 Å². The zero-order valence-corrected chi connectivity index (χ0v) is 11.9. The number of rotatable bonds is 6. The van der Waals surface area contributed by atoms with E-state index in [4.69, 9.17) is 4.74 Å². The number of hydrogen-bond acceptors (Lipinski definition) is 5. The third-order valence-electron chi connectivity index (χ3n) is 2.50. The van der Waals surface area contributed by atoms with E-state index in [9.17, 15) is 0 Å². The minimum absolute atomic E-state index is 0.525. The van der Waals surface area contributed by atoms with Crippen LogP contribution in [0, 0.1) is 0 Å². The summed E-state index contributed by atoms with van der Waals surface area (Å²) in [7, 11) is 0. The molecule has 0 atom stereocenters. The van der Waals surface area contributed by atoms with Crippen LogP contribution in [-0.2, 0) is 6.54 Å². The van der Waals surface area contributed by atoms with E-state index in [0.29, 0.717) is 12.4 Å². The first-order valence-corrected chi connectivity index (χ1v) is 7.38. The van der Waals surface area contributed by atoms with Crippen molar-refractivity contribution in [1.29, 1.82) is 0 Å². The van der Waals surface area contributed by atoms with E-state index in [0.717, 1.165) is 22.9 Å². The Morgan fingerprint density at radius 3 is 2.89 bits per heavy atom. The van der Waals surface area contributed by atoms with Crippen molar-refractivity contribution in [3.05, 3.63) is 42.4 Å². The molecule has 1 aromatic heterocycles. The minimum Gasteiger partial charge on any atom is -0.436 e. The van der Waals surface area contributed by atoms with E-state index in [1.54, 1.807) is 24.2 Å². The summed E-state index contributed by atoms with van der Waals surface area (Å²) >= 11 is 1.65. The Kier molecular flexibility index (Phi) is 5.18. The molecule has 1 N–H and O–H groups in total. The number of thioether (sulfide) groups is 1. The molecule has 19 heavy (non-hydrogen) atoms. The molecule has 0 aliphatic carbocycles. The molecule has 1 aromatic carbocycles. The first-order chi connectivity index (χ1) is 9.33. The lowest BCUT2D eigenvalue weighted by Gasteiger charge is -2.09. The SMILES string of the molecule is CCNCc1cncc(Oc2ccccc2SC)n1. The summed E-state index contributed by atoms with van der Waals surface area (Å²) in [5.74, 6) is 1.34. The number of aromatic nitrogens is 2. The lowest BCUT2D eigenvalue weighted by molar-refractivity contribution is 0.446. The van der Waals surface area contributed by atoms with Crippen molar-refractivity contribution in [3.8, 4) is 11.6 Å². The number of nitrogens with zero attached hydrogens (tertiary/aromatic N) is 2. The summed E-state index contributed by atoms with van der Waals surface area (Å²) in [6, 6.07) is 7.90. The van der Waals surface area contributed by atoms with Crippen LogP contribution in [0.4, 0.5) is 0 Å². The van der Waals surface area contributed by atoms with E-state index in [1.807, 2.05) is 30.5 Å². The molecule has 0 bridgehead atoms. The number of hydrogen-bond donors (Lipinski definition) is 1. The quantitative estimate of drug-likeness (QED) is 0.821. The molecule has 2 rings (SSSR count). The summed E-state index contributed by atoms with van der Waals surface area (Å²) < 4.78 is 5.80. The van der Waals surface area contributed by atoms with Crippen LogP contribution in [0.5, 0.6) is 11.6 Å². The average molecular weight is 275 g/mol. The van der Waals surface area contributed by atoms with Gasteiger partial charge < -0.3 is 10.1 Å². The smallest absolute Gasteiger partial charge is 0.238 e. The maximum Gasteiger partial charge on any atom is 0.238 e. The van der Waals surface area contributed by atoms with Crippen molar-refractivity contribution in [2.75, 3.05) is 12.8 Å². The number of ether oxygens (including phenoxy) is 1. The largest absolute Gasteiger partial charge is 0.436 e. The molecule has 0 aliphatic heterocycles. The summed E-state index contributed by atoms with van der Waals surface area (Å²) in [5, 5.41) is 3.22. The van der Waals surface area contributed by atoms with Crippen molar-refractivity contribution in [2.24, 2.45) is 0 Å². The molecule has 1 heterocycles. The van der Waals surface area contributed by atoms with Gasteiger partial charge in [0.2, 0.25) is 5.88 Å². The predicted molar refractivity (Wildman–Crippen MR) is 77.7 cm³/mol. The molecule has 0 amide bonds. The fraction of sp³-hybridized carbons (Fsp3) is 0.286. The van der Waals surface area contributed by atoms with E-state index >= 15 is 0 Å². The highest BCUT2D eigenvalue weighted by Crippen LogP contribution is 2.30. The summed E-state index contributed by atoms with van der Waals surface area (Å²) in [4.78, 5) is 9.66. The molecule has 5 heteroatoms. The van der Waals surface area contributed by atoms with Crippen LogP contribution in [0.15, 0.2) is 41.6 Å². The summed E-state index contributed by atoms with van der Waals surface area (Å²) in [5.41, 5.74) is 0.876. The predicted octanol–water partition coefficient (Wildman–Crippen LogP) is 3.10. The Morgan fingerprint density at radius 1 is 1.26 bits per heavy atom. The fourth-order valence-corrected chi connectivity index (χ4v) is 2.12. The Balaban J connectivity index is 2.14. The third-order valence-corrected chi connectivity index (χ3v) is 3.28. The minimum atomic E-state index is 0.525. The number of para-hydroxylation sites is 1. The van der Waals surface area contributed by atoms with Gasteiger partial charge in [-0.15, -0.1) is 11.8 Å². The Morgan fingerprint density at radius 2 is 2.11 bits per heavy atom. The maximum absolute atomic E-state index is 5.80. The molecule has 0 unspecified atom stereocenters. The molecule has 2 aromatic rings. The van der Waals surface area contributed by atoms with Crippen LogP contribution in [0.1, 0.15) is 12.6 Å². The van der Waals surface area contributed by atoms with Crippen molar-refractivity contribution in [3.63, 3.8) is 0 Å². The van der Waals surface area contributed by atoms with Gasteiger partial charge in [0.25, 0.3) is 0 Å². The van der Waals surface area contributed by atoms with Crippen LogP contribution >= 0.6 is 11.8 Å². The fourth-order valence-electron chi connectivity index (χ4n) is 1.59. The third kappa shape index (κ3) is 3.94. The molecule has 0 saturated carbocycles. The Hall–Kier alpha value is -1.59. The molecular formula is C14H17N3OS. The molecular weight excluding hydrogens is 258 g/mol. The Labute approximate surface area is 117 Å². The summed E-state index contributed by atoms with van der Waals surface area (Å²) in [6.45, 7) is 3.66. The molecule has 0 fully saturated rings. The molecule has 0 spiro atoms. The van der Waals surface area contributed by atoms with E-state index in [-0.39, 0.29) is 0 Å². The number of benzene rings is 1. The highest BCUT2D eigenvalue weighted by molar-refractivity contribution is 7.98. The zero-order valence-electron chi connectivity index (χ0n) is 11.1. The molecule has 4 nitrogen and oxygen atoms in total. The van der Waals surface area contributed by atoms with Gasteiger partial charge in [-0.2, -0.15) is 0 Å². The van der Waals surface area contributed by atoms with Crippen LogP contribution in [0.3, 0.4) is 0 Å². The highest BCUT2D eigenvalue weighted by atomic mass is 32.2. The highest BCUT2D eigenvalue weighted by Gasteiger charge is 2.05. The lowest BCUT2D eigenvalue weighted by Crippen LogP contribution is -2.13.